The van der Waals surface area contributed by atoms with E-state index in [0.717, 1.165) is 30.4 Å². The number of guanidine groups is 1. The summed E-state index contributed by atoms with van der Waals surface area (Å²) in [6, 6.07) is 13.7. The number of hydrogen-bond donors (Lipinski definition) is 3. The second-order valence-corrected chi connectivity index (χ2v) is 9.64. The molecule has 4 N–H and O–H groups in total. The number of aliphatic imine (C=N–C) groups is 1. The predicted octanol–water partition coefficient (Wildman–Crippen LogP) is 3.86. The summed E-state index contributed by atoms with van der Waals surface area (Å²) < 4.78 is 5.59. The molecule has 2 aromatic carbocycles. The molecule has 2 amide bonds. The Morgan fingerprint density at radius 1 is 1.22 bits per heavy atom. The van der Waals surface area contributed by atoms with Crippen LogP contribution in [0, 0.1) is 0 Å². The van der Waals surface area contributed by atoms with E-state index in [1.165, 1.54) is 0 Å². The first-order valence-electron chi connectivity index (χ1n) is 12.8. The molecule has 0 fully saturated rings. The molecule has 2 aliphatic rings. The van der Waals surface area contributed by atoms with Gasteiger partial charge >= 0.3 is 0 Å². The smallest absolute Gasteiger partial charge is 0.251 e. The summed E-state index contributed by atoms with van der Waals surface area (Å²) in [5.41, 5.74) is 7.94. The van der Waals surface area contributed by atoms with Gasteiger partial charge in [0.05, 0.1) is 24.0 Å². The Bertz CT molecular complexity index is 1140. The lowest BCUT2D eigenvalue weighted by atomic mass is 9.87. The maximum absolute atomic E-state index is 13.3. The summed E-state index contributed by atoms with van der Waals surface area (Å²) >= 11 is 0. The van der Waals surface area contributed by atoms with Gasteiger partial charge in [-0.1, -0.05) is 57.5 Å². The molecule has 0 radical (unpaired) electrons. The lowest BCUT2D eigenvalue weighted by Crippen LogP contribution is -2.52. The van der Waals surface area contributed by atoms with Crippen molar-refractivity contribution in [2.75, 3.05) is 6.61 Å². The summed E-state index contributed by atoms with van der Waals surface area (Å²) in [6.07, 6.45) is 2.47. The van der Waals surface area contributed by atoms with Crippen LogP contribution >= 0.6 is 0 Å². The van der Waals surface area contributed by atoms with Gasteiger partial charge in [-0.2, -0.15) is 0 Å². The van der Waals surface area contributed by atoms with Crippen LogP contribution in [0.3, 0.4) is 0 Å². The lowest BCUT2D eigenvalue weighted by Gasteiger charge is -2.40. The fourth-order valence-electron chi connectivity index (χ4n) is 5.17. The Hall–Kier alpha value is -3.39. The molecule has 4 rings (SSSR count). The zero-order valence-corrected chi connectivity index (χ0v) is 21.2. The van der Waals surface area contributed by atoms with Crippen LogP contribution in [0.25, 0.3) is 0 Å². The Morgan fingerprint density at radius 3 is 2.67 bits per heavy atom. The van der Waals surface area contributed by atoms with Gasteiger partial charge in [-0.05, 0) is 43.0 Å². The number of carbonyl (C=O) groups excluding carboxylic acids is 2. The zero-order chi connectivity index (χ0) is 25.9. The standard InChI is InChI=1S/C28H36N4O4/c1-4-10-21(32-24(34)16-28(5-2,6-3)31-27(32)29)18-11-9-12-19(15-18)26(35)30-25-20-13-7-8-14-23(20)36-17-22(25)33/h7-9,11-15,21-22,25,33H,4-6,10,16-17H2,1-3H3,(H2,29,31)(H,30,35)/t21-,22?,25+/m1/s1. The number of ether oxygens (including phenoxy) is 1. The van der Waals surface area contributed by atoms with Crippen molar-refractivity contribution in [1.82, 2.24) is 10.2 Å². The first-order valence-corrected chi connectivity index (χ1v) is 12.8. The van der Waals surface area contributed by atoms with E-state index in [1.54, 1.807) is 17.0 Å². The van der Waals surface area contributed by atoms with E-state index in [4.69, 9.17) is 15.5 Å². The van der Waals surface area contributed by atoms with Crippen LogP contribution in [-0.2, 0) is 4.79 Å². The number of amides is 2. The van der Waals surface area contributed by atoms with Crippen molar-refractivity contribution < 1.29 is 19.4 Å². The minimum absolute atomic E-state index is 0.0403. The third-order valence-corrected chi connectivity index (χ3v) is 7.41. The number of aliphatic hydroxyl groups excluding tert-OH is 1. The molecule has 1 unspecified atom stereocenters. The summed E-state index contributed by atoms with van der Waals surface area (Å²) in [4.78, 5) is 32.9. The first-order chi connectivity index (χ1) is 17.3. The lowest BCUT2D eigenvalue weighted by molar-refractivity contribution is -0.131. The monoisotopic (exact) mass is 492 g/mol. The van der Waals surface area contributed by atoms with Crippen molar-refractivity contribution in [1.29, 1.82) is 0 Å². The number of fused-ring (bicyclic) bond motifs is 1. The molecule has 0 saturated heterocycles. The van der Waals surface area contributed by atoms with E-state index >= 15 is 0 Å². The van der Waals surface area contributed by atoms with E-state index in [0.29, 0.717) is 24.2 Å². The second-order valence-electron chi connectivity index (χ2n) is 9.64. The quantitative estimate of drug-likeness (QED) is 0.517. The second kappa shape index (κ2) is 10.7. The third-order valence-electron chi connectivity index (χ3n) is 7.41. The van der Waals surface area contributed by atoms with Crippen molar-refractivity contribution >= 4 is 17.8 Å². The number of hydrogen-bond acceptors (Lipinski definition) is 6. The fourth-order valence-corrected chi connectivity index (χ4v) is 5.17. The van der Waals surface area contributed by atoms with E-state index in [2.05, 4.69) is 12.2 Å². The van der Waals surface area contributed by atoms with Gasteiger partial charge in [0.1, 0.15) is 18.5 Å². The van der Waals surface area contributed by atoms with Crippen molar-refractivity contribution in [2.45, 2.75) is 76.6 Å². The third kappa shape index (κ3) is 4.95. The minimum Gasteiger partial charge on any atom is -0.490 e. The van der Waals surface area contributed by atoms with Crippen LogP contribution in [0.5, 0.6) is 5.75 Å². The van der Waals surface area contributed by atoms with Crippen molar-refractivity contribution in [3.8, 4) is 5.75 Å². The van der Waals surface area contributed by atoms with Crippen molar-refractivity contribution in [3.05, 3.63) is 65.2 Å². The maximum atomic E-state index is 13.3. The number of nitrogens with zero attached hydrogens (tertiary/aromatic N) is 2. The number of nitrogens with two attached hydrogens (primary N) is 1. The van der Waals surface area contributed by atoms with Gasteiger partial charge in [0.2, 0.25) is 5.91 Å². The first kappa shape index (κ1) is 25.7. The summed E-state index contributed by atoms with van der Waals surface area (Å²) in [6.45, 7) is 6.22. The molecule has 2 aliphatic heterocycles. The highest BCUT2D eigenvalue weighted by Gasteiger charge is 2.40. The average Bonchev–Trinajstić information content (AvgIpc) is 2.89. The molecule has 2 heterocycles. The van der Waals surface area contributed by atoms with Crippen LogP contribution in [0.2, 0.25) is 0 Å². The summed E-state index contributed by atoms with van der Waals surface area (Å²) in [5.74, 6) is 0.542. The number of nitrogens with one attached hydrogen (secondary N) is 1. The van der Waals surface area contributed by atoms with Gasteiger partial charge < -0.3 is 20.9 Å². The molecule has 0 spiro atoms. The van der Waals surface area contributed by atoms with Gasteiger partial charge in [0.25, 0.3) is 5.91 Å². The fraction of sp³-hybridized carbons (Fsp3) is 0.464. The normalized spacial score (nSPS) is 21.7. The minimum atomic E-state index is -0.862. The van der Waals surface area contributed by atoms with E-state index in [1.807, 2.05) is 50.2 Å². The highest BCUT2D eigenvalue weighted by atomic mass is 16.5. The molecule has 8 nitrogen and oxygen atoms in total. The SMILES string of the molecule is CCC[C@H](c1cccc(C(=O)N[C@H]2c3ccccc3OCC2O)c1)N1C(=O)CC(CC)(CC)N=C1N. The Kier molecular flexibility index (Phi) is 7.64. The van der Waals surface area contributed by atoms with Crippen molar-refractivity contribution in [2.24, 2.45) is 10.7 Å². The van der Waals surface area contributed by atoms with Gasteiger partial charge in [0.15, 0.2) is 5.96 Å². The Balaban J connectivity index is 1.61. The number of aliphatic hydroxyl groups is 1. The molecule has 0 saturated carbocycles. The number of benzene rings is 2. The molecule has 0 aliphatic carbocycles. The number of rotatable bonds is 8. The topological polar surface area (TPSA) is 117 Å². The highest BCUT2D eigenvalue weighted by molar-refractivity contribution is 6.00. The van der Waals surface area contributed by atoms with Crippen LogP contribution < -0.4 is 15.8 Å². The molecule has 2 aromatic rings. The molecule has 0 bridgehead atoms. The van der Waals surface area contributed by atoms with Gasteiger partial charge in [-0.25, -0.2) is 4.99 Å². The van der Waals surface area contributed by atoms with Gasteiger partial charge in [-0.15, -0.1) is 0 Å². The molecule has 0 aromatic heterocycles. The van der Waals surface area contributed by atoms with E-state index < -0.39 is 17.7 Å². The average molecular weight is 493 g/mol. The molecule has 8 heteroatoms. The summed E-state index contributed by atoms with van der Waals surface area (Å²) in [7, 11) is 0. The van der Waals surface area contributed by atoms with Crippen LogP contribution in [-0.4, -0.2) is 46.0 Å². The van der Waals surface area contributed by atoms with Gasteiger partial charge in [0, 0.05) is 11.1 Å². The molecular formula is C28H36N4O4. The zero-order valence-electron chi connectivity index (χ0n) is 21.2. The number of carbonyl (C=O) groups is 2. The predicted molar refractivity (Wildman–Crippen MR) is 139 cm³/mol. The molecule has 192 valence electrons. The van der Waals surface area contributed by atoms with Crippen molar-refractivity contribution in [3.63, 3.8) is 0 Å². The van der Waals surface area contributed by atoms with Crippen LogP contribution in [0.4, 0.5) is 0 Å². The summed E-state index contributed by atoms with van der Waals surface area (Å²) in [5, 5.41) is 13.5. The number of para-hydroxylation sites is 1. The van der Waals surface area contributed by atoms with E-state index in [9.17, 15) is 14.7 Å². The van der Waals surface area contributed by atoms with Crippen LogP contribution in [0.1, 0.15) is 86.4 Å². The maximum Gasteiger partial charge on any atom is 0.251 e. The van der Waals surface area contributed by atoms with E-state index in [-0.39, 0.29) is 30.4 Å². The molecular weight excluding hydrogens is 456 g/mol. The molecule has 3 atom stereocenters. The largest absolute Gasteiger partial charge is 0.490 e. The Labute approximate surface area is 212 Å². The molecule has 36 heavy (non-hydrogen) atoms. The highest BCUT2D eigenvalue weighted by Crippen LogP contribution is 2.36. The van der Waals surface area contributed by atoms with Crippen LogP contribution in [0.15, 0.2) is 53.5 Å². The Morgan fingerprint density at radius 2 is 1.97 bits per heavy atom. The van der Waals surface area contributed by atoms with Gasteiger partial charge in [-0.3, -0.25) is 14.5 Å².